The van der Waals surface area contributed by atoms with Crippen LogP contribution in [0, 0.1) is 6.92 Å². The number of aromatic nitrogens is 2. The number of carbonyl (C=O) groups excluding carboxylic acids is 1. The second-order valence-electron chi connectivity index (χ2n) is 2.71. The molecule has 5 heteroatoms. The summed E-state index contributed by atoms with van der Waals surface area (Å²) >= 11 is 0. The smallest absolute Gasteiger partial charge is 0.242 e. The standard InChI is InChI=1S/C7H12N4O/c1-4-3-6(11-10-4)5(2)7(12)9-8/h3,5H,8H2,1-2H3,(H,9,12)(H,10,11). The lowest BCUT2D eigenvalue weighted by atomic mass is 10.1. The molecule has 66 valence electrons. The Morgan fingerprint density at radius 1 is 1.83 bits per heavy atom. The van der Waals surface area contributed by atoms with Gasteiger partial charge in [0.05, 0.1) is 11.6 Å². The van der Waals surface area contributed by atoms with Crippen molar-refractivity contribution in [3.63, 3.8) is 0 Å². The molecule has 0 saturated heterocycles. The predicted molar refractivity (Wildman–Crippen MR) is 44.1 cm³/mol. The number of nitrogens with zero attached hydrogens (tertiary/aromatic N) is 1. The fourth-order valence-electron chi connectivity index (χ4n) is 0.920. The molecule has 1 aromatic heterocycles. The Bertz CT molecular complexity index is 281. The summed E-state index contributed by atoms with van der Waals surface area (Å²) in [5, 5.41) is 6.70. The molecule has 0 aliphatic rings. The Labute approximate surface area is 70.3 Å². The number of aromatic amines is 1. The van der Waals surface area contributed by atoms with Crippen LogP contribution in [0.5, 0.6) is 0 Å². The van der Waals surface area contributed by atoms with E-state index in [0.717, 1.165) is 5.69 Å². The Morgan fingerprint density at radius 2 is 2.50 bits per heavy atom. The molecule has 0 aromatic carbocycles. The highest BCUT2D eigenvalue weighted by Crippen LogP contribution is 2.12. The van der Waals surface area contributed by atoms with Crippen molar-refractivity contribution in [2.45, 2.75) is 19.8 Å². The predicted octanol–water partition coefficient (Wildman–Crippen LogP) is -0.188. The molecule has 1 rings (SSSR count). The Kier molecular flexibility index (Phi) is 2.44. The number of amides is 1. The summed E-state index contributed by atoms with van der Waals surface area (Å²) in [6, 6.07) is 1.82. The van der Waals surface area contributed by atoms with E-state index >= 15 is 0 Å². The van der Waals surface area contributed by atoms with E-state index in [4.69, 9.17) is 5.84 Å². The average Bonchev–Trinajstić information content (AvgIpc) is 2.49. The van der Waals surface area contributed by atoms with Crippen LogP contribution in [0.15, 0.2) is 6.07 Å². The zero-order chi connectivity index (χ0) is 9.14. The lowest BCUT2D eigenvalue weighted by molar-refractivity contribution is -0.122. The maximum absolute atomic E-state index is 11.0. The van der Waals surface area contributed by atoms with Gasteiger partial charge < -0.3 is 0 Å². The van der Waals surface area contributed by atoms with Crippen LogP contribution in [0.4, 0.5) is 0 Å². The zero-order valence-corrected chi connectivity index (χ0v) is 7.09. The lowest BCUT2D eigenvalue weighted by Gasteiger charge is -2.04. The molecule has 0 aliphatic carbocycles. The van der Waals surface area contributed by atoms with E-state index in [1.54, 1.807) is 6.92 Å². The number of nitrogens with one attached hydrogen (secondary N) is 2. The number of H-pyrrole nitrogens is 1. The highest BCUT2D eigenvalue weighted by Gasteiger charge is 2.15. The van der Waals surface area contributed by atoms with Gasteiger partial charge in [0.15, 0.2) is 0 Å². The Balaban J connectivity index is 2.77. The van der Waals surface area contributed by atoms with E-state index in [9.17, 15) is 4.79 Å². The molecule has 0 aliphatic heterocycles. The van der Waals surface area contributed by atoms with E-state index in [1.807, 2.05) is 13.0 Å². The molecular weight excluding hydrogens is 156 g/mol. The third-order valence-corrected chi connectivity index (χ3v) is 1.70. The molecule has 0 spiro atoms. The van der Waals surface area contributed by atoms with Crippen molar-refractivity contribution < 1.29 is 4.79 Å². The Morgan fingerprint density at radius 3 is 2.92 bits per heavy atom. The fourth-order valence-corrected chi connectivity index (χ4v) is 0.920. The maximum atomic E-state index is 11.0. The van der Waals surface area contributed by atoms with Crippen molar-refractivity contribution in [2.24, 2.45) is 5.84 Å². The van der Waals surface area contributed by atoms with Crippen LogP contribution < -0.4 is 11.3 Å². The molecule has 0 radical (unpaired) electrons. The van der Waals surface area contributed by atoms with E-state index < -0.39 is 0 Å². The van der Waals surface area contributed by atoms with Gasteiger partial charge in [0.25, 0.3) is 0 Å². The summed E-state index contributed by atoms with van der Waals surface area (Å²) in [4.78, 5) is 11.0. The van der Waals surface area contributed by atoms with Gasteiger partial charge in [-0.15, -0.1) is 0 Å². The topological polar surface area (TPSA) is 83.8 Å². The van der Waals surface area contributed by atoms with E-state index in [-0.39, 0.29) is 11.8 Å². The van der Waals surface area contributed by atoms with Crippen molar-refractivity contribution >= 4 is 5.91 Å². The number of rotatable bonds is 2. The first-order valence-corrected chi connectivity index (χ1v) is 3.67. The van der Waals surface area contributed by atoms with Gasteiger partial charge in [-0.25, -0.2) is 5.84 Å². The van der Waals surface area contributed by atoms with Gasteiger partial charge in [-0.2, -0.15) is 5.10 Å². The van der Waals surface area contributed by atoms with Crippen molar-refractivity contribution in [1.29, 1.82) is 0 Å². The molecule has 1 aromatic rings. The third kappa shape index (κ3) is 1.62. The molecule has 12 heavy (non-hydrogen) atoms. The number of hydrogen-bond acceptors (Lipinski definition) is 3. The molecule has 0 fully saturated rings. The average molecular weight is 168 g/mol. The minimum atomic E-state index is -0.306. The summed E-state index contributed by atoms with van der Waals surface area (Å²) in [6.45, 7) is 3.63. The summed E-state index contributed by atoms with van der Waals surface area (Å²) in [7, 11) is 0. The van der Waals surface area contributed by atoms with Crippen molar-refractivity contribution in [3.05, 3.63) is 17.5 Å². The van der Waals surface area contributed by atoms with Gasteiger partial charge in [-0.1, -0.05) is 0 Å². The molecule has 4 N–H and O–H groups in total. The van der Waals surface area contributed by atoms with E-state index in [0.29, 0.717) is 5.69 Å². The van der Waals surface area contributed by atoms with Gasteiger partial charge >= 0.3 is 0 Å². The summed E-state index contributed by atoms with van der Waals surface area (Å²) in [5.41, 5.74) is 3.72. The van der Waals surface area contributed by atoms with E-state index in [2.05, 4.69) is 15.6 Å². The van der Waals surface area contributed by atoms with Gasteiger partial charge in [0, 0.05) is 5.69 Å². The van der Waals surface area contributed by atoms with Gasteiger partial charge in [-0.3, -0.25) is 15.3 Å². The van der Waals surface area contributed by atoms with Crippen LogP contribution >= 0.6 is 0 Å². The second-order valence-corrected chi connectivity index (χ2v) is 2.71. The minimum absolute atomic E-state index is 0.235. The zero-order valence-electron chi connectivity index (χ0n) is 7.09. The van der Waals surface area contributed by atoms with Gasteiger partial charge in [0.2, 0.25) is 5.91 Å². The first-order chi connectivity index (χ1) is 5.65. The largest absolute Gasteiger partial charge is 0.294 e. The summed E-state index contributed by atoms with van der Waals surface area (Å²) in [5.74, 6) is 4.44. The van der Waals surface area contributed by atoms with E-state index in [1.165, 1.54) is 0 Å². The fraction of sp³-hybridized carbons (Fsp3) is 0.429. The molecular formula is C7H12N4O. The summed E-state index contributed by atoms with van der Waals surface area (Å²) < 4.78 is 0. The second kappa shape index (κ2) is 3.36. The number of aryl methyl sites for hydroxylation is 1. The van der Waals surface area contributed by atoms with Crippen molar-refractivity contribution in [3.8, 4) is 0 Å². The van der Waals surface area contributed by atoms with Crippen molar-refractivity contribution in [1.82, 2.24) is 15.6 Å². The number of carbonyl (C=O) groups is 1. The molecule has 0 bridgehead atoms. The Hall–Kier alpha value is -1.36. The van der Waals surface area contributed by atoms with Crippen molar-refractivity contribution in [2.75, 3.05) is 0 Å². The quantitative estimate of drug-likeness (QED) is 0.325. The molecule has 5 nitrogen and oxygen atoms in total. The maximum Gasteiger partial charge on any atom is 0.242 e. The third-order valence-electron chi connectivity index (χ3n) is 1.70. The lowest BCUT2D eigenvalue weighted by Crippen LogP contribution is -2.33. The van der Waals surface area contributed by atoms with Crippen LogP contribution in [0.2, 0.25) is 0 Å². The SMILES string of the molecule is Cc1cc(C(C)C(=O)NN)n[nH]1. The van der Waals surface area contributed by atoms with Gasteiger partial charge in [-0.05, 0) is 19.9 Å². The molecule has 1 amide bonds. The highest BCUT2D eigenvalue weighted by atomic mass is 16.2. The monoisotopic (exact) mass is 168 g/mol. The van der Waals surface area contributed by atoms with Crippen LogP contribution in [0.25, 0.3) is 0 Å². The van der Waals surface area contributed by atoms with Crippen LogP contribution in [0.1, 0.15) is 24.2 Å². The molecule has 0 saturated carbocycles. The molecule has 1 heterocycles. The number of hydrazine groups is 1. The number of nitrogens with two attached hydrogens (primary N) is 1. The normalized spacial score (nSPS) is 12.6. The molecule has 1 atom stereocenters. The minimum Gasteiger partial charge on any atom is -0.294 e. The van der Waals surface area contributed by atoms with Crippen LogP contribution in [0.3, 0.4) is 0 Å². The van der Waals surface area contributed by atoms with Crippen LogP contribution in [-0.2, 0) is 4.79 Å². The highest BCUT2D eigenvalue weighted by molar-refractivity contribution is 5.82. The first kappa shape index (κ1) is 8.73. The van der Waals surface area contributed by atoms with Crippen LogP contribution in [-0.4, -0.2) is 16.1 Å². The first-order valence-electron chi connectivity index (χ1n) is 3.67. The molecule has 1 unspecified atom stereocenters. The number of hydrogen-bond donors (Lipinski definition) is 3. The summed E-state index contributed by atoms with van der Waals surface area (Å²) in [6.07, 6.45) is 0. The van der Waals surface area contributed by atoms with Gasteiger partial charge in [0.1, 0.15) is 0 Å².